The topological polar surface area (TPSA) is 132 Å². The first-order chi connectivity index (χ1) is 19.0. The van der Waals surface area contributed by atoms with E-state index >= 15 is 0 Å². The molecule has 1 aromatic carbocycles. The lowest BCUT2D eigenvalue weighted by molar-refractivity contribution is -0.132. The number of allylic oxidation sites excluding steroid dienone is 2. The smallest absolute Gasteiger partial charge is 0.252 e. The van der Waals surface area contributed by atoms with Gasteiger partial charge in [0.25, 0.3) is 5.91 Å². The van der Waals surface area contributed by atoms with E-state index < -0.39 is 28.9 Å². The monoisotopic (exact) mass is 550 g/mol. The highest BCUT2D eigenvalue weighted by Gasteiger charge is 2.45. The van der Waals surface area contributed by atoms with Crippen molar-refractivity contribution in [2.75, 3.05) is 20.3 Å². The molecular weight excluding hydrogens is 508 g/mol. The molecule has 0 unspecified atom stereocenters. The number of rotatable bonds is 13. The molecule has 1 aliphatic carbocycles. The number of hydrogen-bond acceptors (Lipinski definition) is 6. The van der Waals surface area contributed by atoms with Crippen LogP contribution in [0.5, 0.6) is 0 Å². The van der Waals surface area contributed by atoms with Crippen molar-refractivity contribution in [3.63, 3.8) is 0 Å². The van der Waals surface area contributed by atoms with Gasteiger partial charge in [-0.3, -0.25) is 14.4 Å². The van der Waals surface area contributed by atoms with Gasteiger partial charge in [0, 0.05) is 12.1 Å². The minimum absolute atomic E-state index is 0.0502. The van der Waals surface area contributed by atoms with Crippen LogP contribution in [0.4, 0.5) is 0 Å². The Bertz CT molecular complexity index is 1170. The van der Waals surface area contributed by atoms with Crippen LogP contribution in [0.15, 0.2) is 78.1 Å². The Morgan fingerprint density at radius 3 is 2.45 bits per heavy atom. The molecule has 1 aromatic rings. The van der Waals surface area contributed by atoms with E-state index in [1.54, 1.807) is 26.0 Å². The zero-order valence-corrected chi connectivity index (χ0v) is 23.8. The third kappa shape index (κ3) is 7.92. The van der Waals surface area contributed by atoms with Gasteiger partial charge < -0.3 is 31.2 Å². The second-order valence-electron chi connectivity index (χ2n) is 10.9. The van der Waals surface area contributed by atoms with Crippen LogP contribution in [0.25, 0.3) is 0 Å². The highest BCUT2D eigenvalue weighted by atomic mass is 16.5. The lowest BCUT2D eigenvalue weighted by Gasteiger charge is -2.36. The van der Waals surface area contributed by atoms with Gasteiger partial charge in [0.1, 0.15) is 11.8 Å². The molecule has 9 nitrogen and oxygen atoms in total. The molecule has 3 amide bonds. The molecular formula is C31H42N4O5. The van der Waals surface area contributed by atoms with E-state index in [1.165, 1.54) is 7.11 Å². The van der Waals surface area contributed by atoms with Gasteiger partial charge in [-0.1, -0.05) is 68.8 Å². The Hall–Kier alpha value is -3.69. The highest BCUT2D eigenvalue weighted by Crippen LogP contribution is 2.41. The zero-order chi connectivity index (χ0) is 29.3. The Morgan fingerprint density at radius 2 is 1.82 bits per heavy atom. The number of carbonyl (C=O) groups is 3. The number of nitrogens with two attached hydrogens (primary N) is 1. The molecule has 1 aliphatic heterocycles. The summed E-state index contributed by atoms with van der Waals surface area (Å²) in [5.41, 5.74) is 6.93. The van der Waals surface area contributed by atoms with E-state index in [2.05, 4.69) is 29.1 Å². The van der Waals surface area contributed by atoms with Crippen LogP contribution in [0, 0.1) is 0 Å². The minimum atomic E-state index is -1.18. The van der Waals surface area contributed by atoms with E-state index in [9.17, 15) is 14.4 Å². The zero-order valence-electron chi connectivity index (χ0n) is 23.8. The predicted molar refractivity (Wildman–Crippen MR) is 155 cm³/mol. The standard InChI is InChI=1S/C31H42N4O5/c1-21(14-15-22(2)39-5)26-24(31(35-28(26)37)16-10-7-11-17-31)18-33-27(36)25(34-29(38)30(3,4)32)20-40-19-23-12-8-6-9-13-23/h6,8-9,12-15,25H,1-2,7,10-11,16-20,32H2,3-5H3,(H,33,36)(H,34,38)(H,35,37)/b15-14-/t25-/m1/s1. The molecule has 9 heteroatoms. The quantitative estimate of drug-likeness (QED) is 0.221. The van der Waals surface area contributed by atoms with Crippen LogP contribution >= 0.6 is 0 Å². The Labute approximate surface area is 236 Å². The predicted octanol–water partition coefficient (Wildman–Crippen LogP) is 2.94. The first-order valence-electron chi connectivity index (χ1n) is 13.6. The second kappa shape index (κ2) is 13.6. The summed E-state index contributed by atoms with van der Waals surface area (Å²) in [7, 11) is 1.51. The van der Waals surface area contributed by atoms with Crippen molar-refractivity contribution in [2.45, 2.75) is 69.7 Å². The molecule has 0 radical (unpaired) electrons. The molecule has 216 valence electrons. The van der Waals surface area contributed by atoms with Crippen LogP contribution in [-0.2, 0) is 30.5 Å². The summed E-state index contributed by atoms with van der Waals surface area (Å²) in [6, 6.07) is 8.57. The van der Waals surface area contributed by atoms with Crippen LogP contribution in [0.2, 0.25) is 0 Å². The minimum Gasteiger partial charge on any atom is -0.497 e. The Kier molecular flexibility index (Phi) is 10.5. The van der Waals surface area contributed by atoms with Crippen molar-refractivity contribution < 1.29 is 23.9 Å². The van der Waals surface area contributed by atoms with Gasteiger partial charge in [-0.25, -0.2) is 0 Å². The van der Waals surface area contributed by atoms with Crippen molar-refractivity contribution in [3.05, 3.63) is 83.7 Å². The van der Waals surface area contributed by atoms with E-state index in [-0.39, 0.29) is 25.7 Å². The molecule has 1 spiro atoms. The summed E-state index contributed by atoms with van der Waals surface area (Å²) in [6.45, 7) is 11.4. The van der Waals surface area contributed by atoms with E-state index in [4.69, 9.17) is 15.2 Å². The van der Waals surface area contributed by atoms with Crippen molar-refractivity contribution in [1.29, 1.82) is 0 Å². The molecule has 0 bridgehead atoms. The van der Waals surface area contributed by atoms with Gasteiger partial charge >= 0.3 is 0 Å². The van der Waals surface area contributed by atoms with Crippen molar-refractivity contribution in [1.82, 2.24) is 16.0 Å². The van der Waals surface area contributed by atoms with Gasteiger partial charge in [-0.15, -0.1) is 0 Å². The Morgan fingerprint density at radius 1 is 1.15 bits per heavy atom. The van der Waals surface area contributed by atoms with E-state index in [1.807, 2.05) is 30.3 Å². The van der Waals surface area contributed by atoms with Crippen LogP contribution in [0.3, 0.4) is 0 Å². The maximum Gasteiger partial charge on any atom is 0.252 e. The molecule has 5 N–H and O–H groups in total. The van der Waals surface area contributed by atoms with Gasteiger partial charge in [-0.2, -0.15) is 0 Å². The first-order valence-corrected chi connectivity index (χ1v) is 13.6. The van der Waals surface area contributed by atoms with Crippen molar-refractivity contribution >= 4 is 17.7 Å². The summed E-state index contributed by atoms with van der Waals surface area (Å²) >= 11 is 0. The Balaban J connectivity index is 1.81. The van der Waals surface area contributed by atoms with Crippen LogP contribution < -0.4 is 21.7 Å². The molecule has 1 fully saturated rings. The first kappa shape index (κ1) is 30.8. The normalized spacial score (nSPS) is 17.4. The van der Waals surface area contributed by atoms with Gasteiger partial charge in [0.2, 0.25) is 11.8 Å². The molecule has 1 heterocycles. The SMILES string of the molecule is C=C(/C=C\C(=C)C1=C(CNC(=O)[C@@H](COCc2ccccc2)NC(=O)C(C)(C)N)C2(CCCCC2)NC1=O)OC. The summed E-state index contributed by atoms with van der Waals surface area (Å²) in [5, 5.41) is 8.86. The number of ether oxygens (including phenoxy) is 2. The number of carbonyl (C=O) groups excluding carboxylic acids is 3. The second-order valence-corrected chi connectivity index (χ2v) is 10.9. The molecule has 1 atom stereocenters. The fourth-order valence-electron chi connectivity index (χ4n) is 4.95. The molecule has 0 saturated heterocycles. The van der Waals surface area contributed by atoms with Crippen LogP contribution in [0.1, 0.15) is 51.5 Å². The molecule has 2 aliphatic rings. The number of hydrogen-bond donors (Lipinski definition) is 4. The number of nitrogens with one attached hydrogen (secondary N) is 3. The van der Waals surface area contributed by atoms with Crippen LogP contribution in [-0.4, -0.2) is 55.1 Å². The summed E-state index contributed by atoms with van der Waals surface area (Å²) in [6.07, 6.45) is 7.90. The van der Waals surface area contributed by atoms with E-state index in [0.717, 1.165) is 43.2 Å². The third-order valence-corrected chi connectivity index (χ3v) is 7.26. The molecule has 0 aromatic heterocycles. The number of amides is 3. The maximum atomic E-state index is 13.4. The lowest BCUT2D eigenvalue weighted by Crippen LogP contribution is -2.57. The largest absolute Gasteiger partial charge is 0.497 e. The van der Waals surface area contributed by atoms with Gasteiger partial charge in [0.05, 0.1) is 31.4 Å². The average molecular weight is 551 g/mol. The number of methoxy groups -OCH3 is 1. The summed E-state index contributed by atoms with van der Waals surface area (Å²) in [4.78, 5) is 39.3. The molecule has 3 rings (SSSR count). The summed E-state index contributed by atoms with van der Waals surface area (Å²) < 4.78 is 10.9. The molecule has 1 saturated carbocycles. The van der Waals surface area contributed by atoms with Gasteiger partial charge in [0.15, 0.2) is 0 Å². The van der Waals surface area contributed by atoms with Crippen molar-refractivity contribution in [3.8, 4) is 0 Å². The third-order valence-electron chi connectivity index (χ3n) is 7.26. The van der Waals surface area contributed by atoms with Crippen molar-refractivity contribution in [2.24, 2.45) is 5.73 Å². The average Bonchev–Trinajstić information content (AvgIpc) is 3.19. The summed E-state index contributed by atoms with van der Waals surface area (Å²) in [5.74, 6) is -0.699. The fourth-order valence-corrected chi connectivity index (χ4v) is 4.95. The molecule has 40 heavy (non-hydrogen) atoms. The van der Waals surface area contributed by atoms with E-state index in [0.29, 0.717) is 16.9 Å². The highest BCUT2D eigenvalue weighted by molar-refractivity contribution is 6.03. The lowest BCUT2D eigenvalue weighted by atomic mass is 9.76. The number of benzene rings is 1. The van der Waals surface area contributed by atoms with Gasteiger partial charge in [-0.05, 0) is 49.5 Å². The maximum absolute atomic E-state index is 13.4. The fraction of sp³-hybridized carbons (Fsp3) is 0.452.